The number of carbonyl (C=O) groups excluding carboxylic acids is 2. The molecular formula is C17H11N5O4S. The number of pyridine rings is 1. The van der Waals surface area contributed by atoms with E-state index in [2.05, 4.69) is 20.3 Å². The van der Waals surface area contributed by atoms with Crippen molar-refractivity contribution >= 4 is 45.0 Å². The van der Waals surface area contributed by atoms with Gasteiger partial charge in [-0.2, -0.15) is 0 Å². The summed E-state index contributed by atoms with van der Waals surface area (Å²) >= 11 is 1.03. The minimum atomic E-state index is -0.712. The summed E-state index contributed by atoms with van der Waals surface area (Å²) in [7, 11) is 0. The lowest BCUT2D eigenvalue weighted by molar-refractivity contribution is -0.119. The normalized spacial score (nSPS) is 10.8. The Hall–Kier alpha value is -3.66. The monoisotopic (exact) mass is 381 g/mol. The molecule has 4 aromatic heterocycles. The van der Waals surface area contributed by atoms with Gasteiger partial charge in [-0.25, -0.2) is 19.7 Å². The maximum absolute atomic E-state index is 12.5. The van der Waals surface area contributed by atoms with Crippen LogP contribution in [0.25, 0.3) is 15.9 Å². The van der Waals surface area contributed by atoms with Crippen LogP contribution in [0.5, 0.6) is 0 Å². The summed E-state index contributed by atoms with van der Waals surface area (Å²) < 4.78 is 6.40. The van der Waals surface area contributed by atoms with Crippen molar-refractivity contribution in [2.45, 2.75) is 0 Å². The molecule has 1 amide bonds. The average Bonchev–Trinajstić information content (AvgIpc) is 3.12. The van der Waals surface area contributed by atoms with Gasteiger partial charge < -0.3 is 4.74 Å². The Morgan fingerprint density at radius 3 is 2.81 bits per heavy atom. The van der Waals surface area contributed by atoms with Crippen LogP contribution in [0.1, 0.15) is 9.67 Å². The molecule has 0 radical (unpaired) electrons. The van der Waals surface area contributed by atoms with Gasteiger partial charge in [-0.3, -0.25) is 19.3 Å². The highest BCUT2D eigenvalue weighted by molar-refractivity contribution is 7.20. The molecule has 0 saturated carbocycles. The van der Waals surface area contributed by atoms with Gasteiger partial charge >= 0.3 is 5.97 Å². The number of thiophene rings is 1. The number of nitrogens with one attached hydrogen (secondary N) is 1. The highest BCUT2D eigenvalue weighted by Crippen LogP contribution is 2.22. The number of amides is 1. The third-order valence-electron chi connectivity index (χ3n) is 3.57. The number of anilines is 1. The third-order valence-corrected chi connectivity index (χ3v) is 4.58. The Labute approximate surface area is 155 Å². The molecule has 0 fully saturated rings. The molecule has 1 N–H and O–H groups in total. The molecule has 4 heterocycles. The summed E-state index contributed by atoms with van der Waals surface area (Å²) in [5.41, 5.74) is 0.212. The highest BCUT2D eigenvalue weighted by Gasteiger charge is 2.17. The van der Waals surface area contributed by atoms with E-state index in [4.69, 9.17) is 4.74 Å². The highest BCUT2D eigenvalue weighted by atomic mass is 32.1. The van der Waals surface area contributed by atoms with Gasteiger partial charge in [0, 0.05) is 18.6 Å². The number of hydrogen-bond donors (Lipinski definition) is 1. The Bertz CT molecular complexity index is 1220. The molecule has 0 unspecified atom stereocenters. The van der Waals surface area contributed by atoms with Crippen LogP contribution in [0.4, 0.5) is 5.95 Å². The fraction of sp³-hybridized carbons (Fsp3) is 0.0588. The van der Waals surface area contributed by atoms with E-state index in [9.17, 15) is 14.4 Å². The number of ether oxygens (including phenoxy) is 1. The maximum Gasteiger partial charge on any atom is 0.348 e. The van der Waals surface area contributed by atoms with E-state index < -0.39 is 18.5 Å². The van der Waals surface area contributed by atoms with Crippen LogP contribution in [-0.2, 0) is 9.53 Å². The quantitative estimate of drug-likeness (QED) is 0.533. The molecular weight excluding hydrogens is 370 g/mol. The second-order valence-corrected chi connectivity index (χ2v) is 6.40. The van der Waals surface area contributed by atoms with Crippen molar-refractivity contribution in [2.75, 3.05) is 11.9 Å². The van der Waals surface area contributed by atoms with Crippen molar-refractivity contribution in [1.82, 2.24) is 19.4 Å². The first-order valence-electron chi connectivity index (χ1n) is 7.77. The number of aromatic nitrogens is 4. The molecule has 0 spiro atoms. The molecule has 10 heteroatoms. The molecule has 9 nitrogen and oxygen atoms in total. The molecule has 0 aliphatic carbocycles. The second kappa shape index (κ2) is 6.92. The maximum atomic E-state index is 12.5. The molecule has 4 aromatic rings. The van der Waals surface area contributed by atoms with E-state index in [-0.39, 0.29) is 16.4 Å². The smallest absolute Gasteiger partial charge is 0.348 e. The zero-order valence-electron chi connectivity index (χ0n) is 13.7. The van der Waals surface area contributed by atoms with Gasteiger partial charge in [-0.05, 0) is 24.3 Å². The number of esters is 1. The second-order valence-electron chi connectivity index (χ2n) is 5.37. The number of carbonyl (C=O) groups is 2. The van der Waals surface area contributed by atoms with Crippen LogP contribution in [-0.4, -0.2) is 37.8 Å². The molecule has 0 bridgehead atoms. The Morgan fingerprint density at radius 2 is 2.00 bits per heavy atom. The van der Waals surface area contributed by atoms with E-state index in [1.54, 1.807) is 30.5 Å². The van der Waals surface area contributed by atoms with Crippen molar-refractivity contribution in [3.63, 3.8) is 0 Å². The molecule has 0 atom stereocenters. The zero-order valence-corrected chi connectivity index (χ0v) is 14.5. The van der Waals surface area contributed by atoms with E-state index >= 15 is 0 Å². The summed E-state index contributed by atoms with van der Waals surface area (Å²) in [6.45, 7) is -0.500. The molecule has 0 aromatic carbocycles. The first-order chi connectivity index (χ1) is 13.1. The summed E-state index contributed by atoms with van der Waals surface area (Å²) in [6, 6.07) is 8.23. The topological polar surface area (TPSA) is 116 Å². The van der Waals surface area contributed by atoms with Crippen LogP contribution in [0.2, 0.25) is 0 Å². The van der Waals surface area contributed by atoms with E-state index in [1.165, 1.54) is 22.9 Å². The van der Waals surface area contributed by atoms with Gasteiger partial charge in [-0.15, -0.1) is 11.3 Å². The molecule has 0 aliphatic heterocycles. The van der Waals surface area contributed by atoms with E-state index in [0.29, 0.717) is 15.9 Å². The van der Waals surface area contributed by atoms with Gasteiger partial charge in [0.25, 0.3) is 11.5 Å². The number of hydrogen-bond acceptors (Lipinski definition) is 8. The molecule has 0 aliphatic rings. The van der Waals surface area contributed by atoms with Crippen molar-refractivity contribution in [2.24, 2.45) is 0 Å². The van der Waals surface area contributed by atoms with Crippen LogP contribution in [0.15, 0.2) is 53.7 Å². The predicted octanol–water partition coefficient (Wildman–Crippen LogP) is 1.49. The SMILES string of the molecule is O=C(COC(=O)c1cc2c(=O)n3ccccc3nc2s1)Nc1ncccn1. The van der Waals surface area contributed by atoms with Crippen molar-refractivity contribution < 1.29 is 14.3 Å². The lowest BCUT2D eigenvalue weighted by Gasteiger charge is -2.03. The third kappa shape index (κ3) is 3.37. The van der Waals surface area contributed by atoms with Gasteiger partial charge in [0.15, 0.2) is 6.61 Å². The number of nitrogens with zero attached hydrogens (tertiary/aromatic N) is 4. The molecule has 0 saturated heterocycles. The molecule has 27 heavy (non-hydrogen) atoms. The first-order valence-corrected chi connectivity index (χ1v) is 8.58. The summed E-state index contributed by atoms with van der Waals surface area (Å²) in [5.74, 6) is -1.17. The Kier molecular flexibility index (Phi) is 4.30. The standard InChI is InChI=1S/C17H11N5O4S/c23-13(21-17-18-5-3-6-19-17)9-26-16(25)11-8-10-14(27-11)20-12-4-1-2-7-22(12)15(10)24/h1-8H,9H2,(H,18,19,21,23). The summed E-state index contributed by atoms with van der Waals surface area (Å²) in [5, 5.41) is 2.72. The summed E-state index contributed by atoms with van der Waals surface area (Å²) in [4.78, 5) is 49.2. The Balaban J connectivity index is 1.51. The van der Waals surface area contributed by atoms with Crippen LogP contribution < -0.4 is 10.9 Å². The molecule has 4 rings (SSSR count). The van der Waals surface area contributed by atoms with Gasteiger partial charge in [0.2, 0.25) is 5.95 Å². The van der Waals surface area contributed by atoms with Crippen molar-refractivity contribution in [1.29, 1.82) is 0 Å². The lowest BCUT2D eigenvalue weighted by Crippen LogP contribution is -2.21. The predicted molar refractivity (Wildman–Crippen MR) is 97.8 cm³/mol. The first kappa shape index (κ1) is 16.8. The summed E-state index contributed by atoms with van der Waals surface area (Å²) in [6.07, 6.45) is 4.55. The fourth-order valence-electron chi connectivity index (χ4n) is 2.38. The average molecular weight is 381 g/mol. The van der Waals surface area contributed by atoms with Gasteiger partial charge in [0.1, 0.15) is 15.4 Å². The number of rotatable bonds is 4. The minimum absolute atomic E-state index is 0.115. The molecule has 134 valence electrons. The Morgan fingerprint density at radius 1 is 1.19 bits per heavy atom. The number of fused-ring (bicyclic) bond motifs is 2. The van der Waals surface area contributed by atoms with Gasteiger partial charge in [0.05, 0.1) is 5.39 Å². The van der Waals surface area contributed by atoms with Crippen molar-refractivity contribution in [3.05, 3.63) is 64.2 Å². The van der Waals surface area contributed by atoms with Crippen molar-refractivity contribution in [3.8, 4) is 0 Å². The van der Waals surface area contributed by atoms with E-state index in [0.717, 1.165) is 11.3 Å². The minimum Gasteiger partial charge on any atom is -0.451 e. The largest absolute Gasteiger partial charge is 0.451 e. The fourth-order valence-corrected chi connectivity index (χ4v) is 3.30. The zero-order chi connectivity index (χ0) is 18.8. The lowest BCUT2D eigenvalue weighted by atomic mass is 10.3. The van der Waals surface area contributed by atoms with Crippen LogP contribution in [0.3, 0.4) is 0 Å². The van der Waals surface area contributed by atoms with Crippen LogP contribution in [0, 0.1) is 0 Å². The van der Waals surface area contributed by atoms with Crippen LogP contribution >= 0.6 is 11.3 Å². The van der Waals surface area contributed by atoms with Gasteiger partial charge in [-0.1, -0.05) is 6.07 Å². The van der Waals surface area contributed by atoms with E-state index in [1.807, 2.05) is 0 Å².